The zero-order chi connectivity index (χ0) is 32.9. The second-order valence-corrected chi connectivity index (χ2v) is 12.7. The van der Waals surface area contributed by atoms with Crippen LogP contribution in [0.3, 0.4) is 0 Å². The molecule has 4 aromatic carbocycles. The fourth-order valence-corrected chi connectivity index (χ4v) is 6.75. The zero-order valence-electron chi connectivity index (χ0n) is 27.3. The van der Waals surface area contributed by atoms with E-state index in [1.165, 1.54) is 4.31 Å². The van der Waals surface area contributed by atoms with E-state index in [0.717, 1.165) is 22.3 Å². The molecule has 0 N–H and O–H groups in total. The van der Waals surface area contributed by atoms with E-state index in [1.54, 1.807) is 31.4 Å². The lowest BCUT2D eigenvalue weighted by Gasteiger charge is -2.34. The van der Waals surface area contributed by atoms with Gasteiger partial charge in [0.15, 0.2) is 17.8 Å². The highest BCUT2D eigenvalue weighted by Gasteiger charge is 2.37. The van der Waals surface area contributed by atoms with Crippen molar-refractivity contribution in [3.05, 3.63) is 125 Å². The highest BCUT2D eigenvalue weighted by molar-refractivity contribution is 7.89. The van der Waals surface area contributed by atoms with Crippen molar-refractivity contribution in [2.75, 3.05) is 33.5 Å². The summed E-state index contributed by atoms with van der Waals surface area (Å²) in [6.07, 6.45) is -0.812. The summed E-state index contributed by atoms with van der Waals surface area (Å²) in [4.78, 5) is 0.156. The number of nitrogens with zero attached hydrogens (tertiary/aromatic N) is 1. The van der Waals surface area contributed by atoms with Crippen LogP contribution in [0.25, 0.3) is 0 Å². The van der Waals surface area contributed by atoms with Crippen molar-refractivity contribution in [2.45, 2.75) is 58.1 Å². The van der Waals surface area contributed by atoms with Crippen LogP contribution in [0.15, 0.2) is 102 Å². The number of hydrogen-bond acceptors (Lipinski definition) is 7. The van der Waals surface area contributed by atoms with Gasteiger partial charge >= 0.3 is 0 Å². The first-order valence-electron chi connectivity index (χ1n) is 15.6. The third-order valence-electron chi connectivity index (χ3n) is 7.53. The van der Waals surface area contributed by atoms with Gasteiger partial charge in [-0.05, 0) is 56.5 Å². The first-order chi connectivity index (χ1) is 22.3. The molecule has 0 aromatic heterocycles. The lowest BCUT2D eigenvalue weighted by Crippen LogP contribution is -2.43. The van der Waals surface area contributed by atoms with Crippen LogP contribution in [-0.2, 0) is 37.4 Å². The zero-order valence-corrected chi connectivity index (χ0v) is 28.2. The van der Waals surface area contributed by atoms with E-state index < -0.39 is 22.4 Å². The molecular formula is C37H45NO7S. The standard InChI is InChI=1S/C37H45NO7S/c1-6-43-35(44-7-2)24-38(46(39,40)32-21-18-28(3)19-22-32)34(27-42-25-30-14-10-8-11-15-30)33-23-20-29(4)36(41-5)37(33)45-26-31-16-12-9-13-17-31/h8-23,34-35H,6-7,24-27H2,1-5H3. The molecule has 0 saturated heterocycles. The second kappa shape index (κ2) is 17.3. The first kappa shape index (κ1) is 35.1. The number of benzene rings is 4. The fraction of sp³-hybridized carbons (Fsp3) is 0.351. The lowest BCUT2D eigenvalue weighted by atomic mass is 10.0. The van der Waals surface area contributed by atoms with Crippen LogP contribution in [0.2, 0.25) is 0 Å². The van der Waals surface area contributed by atoms with Crippen LogP contribution in [0.1, 0.15) is 47.7 Å². The van der Waals surface area contributed by atoms with E-state index in [1.807, 2.05) is 100 Å². The number of aryl methyl sites for hydroxylation is 2. The minimum absolute atomic E-state index is 0.0267. The molecule has 246 valence electrons. The Labute approximate surface area is 273 Å². The number of rotatable bonds is 18. The minimum atomic E-state index is -4.11. The molecule has 1 atom stereocenters. The molecule has 1 unspecified atom stereocenters. The van der Waals surface area contributed by atoms with Crippen LogP contribution >= 0.6 is 0 Å². The molecule has 0 aliphatic heterocycles. The maximum absolute atomic E-state index is 14.6. The smallest absolute Gasteiger partial charge is 0.243 e. The molecule has 9 heteroatoms. The summed E-state index contributed by atoms with van der Waals surface area (Å²) in [5, 5.41) is 0. The van der Waals surface area contributed by atoms with E-state index in [0.29, 0.717) is 36.9 Å². The maximum Gasteiger partial charge on any atom is 0.243 e. The summed E-state index contributed by atoms with van der Waals surface area (Å²) < 4.78 is 61.1. The van der Waals surface area contributed by atoms with Gasteiger partial charge in [0.05, 0.1) is 37.8 Å². The molecule has 46 heavy (non-hydrogen) atoms. The number of sulfonamides is 1. The molecule has 0 radical (unpaired) electrons. The van der Waals surface area contributed by atoms with E-state index >= 15 is 0 Å². The van der Waals surface area contributed by atoms with Crippen molar-refractivity contribution >= 4 is 10.0 Å². The van der Waals surface area contributed by atoms with Crippen LogP contribution in [-0.4, -0.2) is 52.5 Å². The molecule has 8 nitrogen and oxygen atoms in total. The van der Waals surface area contributed by atoms with E-state index in [9.17, 15) is 8.42 Å². The van der Waals surface area contributed by atoms with Gasteiger partial charge in [0.2, 0.25) is 10.0 Å². The van der Waals surface area contributed by atoms with Crippen molar-refractivity contribution in [1.82, 2.24) is 4.31 Å². The van der Waals surface area contributed by atoms with Crippen molar-refractivity contribution in [3.63, 3.8) is 0 Å². The molecule has 0 heterocycles. The highest BCUT2D eigenvalue weighted by atomic mass is 32.2. The number of ether oxygens (including phenoxy) is 5. The van der Waals surface area contributed by atoms with Crippen molar-refractivity contribution in [3.8, 4) is 11.5 Å². The Morgan fingerprint density at radius 3 is 1.87 bits per heavy atom. The van der Waals surface area contributed by atoms with Gasteiger partial charge in [0, 0.05) is 18.8 Å². The molecule has 0 aliphatic rings. The average molecular weight is 648 g/mol. The molecule has 0 saturated carbocycles. The topological polar surface area (TPSA) is 83.5 Å². The van der Waals surface area contributed by atoms with Crippen molar-refractivity contribution in [1.29, 1.82) is 0 Å². The van der Waals surface area contributed by atoms with Gasteiger partial charge in [-0.1, -0.05) is 90.5 Å². The SMILES string of the molecule is CCOC(CN(C(COCc1ccccc1)c1ccc(C)c(OC)c1OCc1ccccc1)S(=O)(=O)c1ccc(C)cc1)OCC. The normalized spacial score (nSPS) is 12.4. The molecule has 0 aliphatic carbocycles. The molecule has 0 bridgehead atoms. The van der Waals surface area contributed by atoms with Crippen LogP contribution in [0, 0.1) is 13.8 Å². The van der Waals surface area contributed by atoms with Gasteiger partial charge in [-0.2, -0.15) is 4.31 Å². The predicted octanol–water partition coefficient (Wildman–Crippen LogP) is 7.24. The quantitative estimate of drug-likeness (QED) is 0.105. The third kappa shape index (κ3) is 9.18. The minimum Gasteiger partial charge on any atom is -0.493 e. The summed E-state index contributed by atoms with van der Waals surface area (Å²) >= 11 is 0. The van der Waals surface area contributed by atoms with Crippen molar-refractivity contribution in [2.24, 2.45) is 0 Å². The molecular weight excluding hydrogens is 602 g/mol. The second-order valence-electron chi connectivity index (χ2n) is 10.9. The Kier molecular flexibility index (Phi) is 13.2. The summed E-state index contributed by atoms with van der Waals surface area (Å²) in [6.45, 7) is 8.76. The summed E-state index contributed by atoms with van der Waals surface area (Å²) in [5.41, 5.74) is 4.35. The van der Waals surface area contributed by atoms with Crippen LogP contribution < -0.4 is 9.47 Å². The van der Waals surface area contributed by atoms with E-state index in [4.69, 9.17) is 23.7 Å². The van der Waals surface area contributed by atoms with Crippen molar-refractivity contribution < 1.29 is 32.1 Å². The predicted molar refractivity (Wildman–Crippen MR) is 179 cm³/mol. The number of methoxy groups -OCH3 is 1. The lowest BCUT2D eigenvalue weighted by molar-refractivity contribution is -0.144. The van der Waals surface area contributed by atoms with E-state index in [2.05, 4.69) is 0 Å². The Morgan fingerprint density at radius 2 is 1.30 bits per heavy atom. The summed E-state index contributed by atoms with van der Waals surface area (Å²) in [5.74, 6) is 0.980. The monoisotopic (exact) mass is 647 g/mol. The molecule has 0 fully saturated rings. The van der Waals surface area contributed by atoms with Gasteiger partial charge in [-0.15, -0.1) is 0 Å². The molecule has 0 spiro atoms. The summed E-state index contributed by atoms with van der Waals surface area (Å²) in [7, 11) is -2.52. The van der Waals surface area contributed by atoms with Crippen LogP contribution in [0.4, 0.5) is 0 Å². The highest BCUT2D eigenvalue weighted by Crippen LogP contribution is 2.42. The fourth-order valence-electron chi connectivity index (χ4n) is 5.17. The molecule has 4 aromatic rings. The van der Waals surface area contributed by atoms with Gasteiger partial charge in [-0.25, -0.2) is 8.42 Å². The van der Waals surface area contributed by atoms with Gasteiger partial charge < -0.3 is 23.7 Å². The van der Waals surface area contributed by atoms with Crippen LogP contribution in [0.5, 0.6) is 11.5 Å². The first-order valence-corrected chi connectivity index (χ1v) is 17.0. The van der Waals surface area contributed by atoms with Gasteiger partial charge in [0.1, 0.15) is 6.61 Å². The Hall–Kier alpha value is -3.73. The molecule has 4 rings (SSSR count). The Morgan fingerprint density at radius 1 is 0.717 bits per heavy atom. The Balaban J connectivity index is 1.86. The third-order valence-corrected chi connectivity index (χ3v) is 9.41. The summed E-state index contributed by atoms with van der Waals surface area (Å²) in [6, 6.07) is 29.4. The number of hydrogen-bond donors (Lipinski definition) is 0. The van der Waals surface area contributed by atoms with Gasteiger partial charge in [-0.3, -0.25) is 0 Å². The van der Waals surface area contributed by atoms with E-state index in [-0.39, 0.29) is 24.7 Å². The largest absolute Gasteiger partial charge is 0.493 e. The Bertz CT molecular complexity index is 1590. The van der Waals surface area contributed by atoms with Gasteiger partial charge in [0.25, 0.3) is 0 Å². The maximum atomic E-state index is 14.6. The molecule has 0 amide bonds. The average Bonchev–Trinajstić information content (AvgIpc) is 3.06.